The molecule has 0 saturated carbocycles. The van der Waals surface area contributed by atoms with E-state index in [0.717, 1.165) is 0 Å². The second-order valence-corrected chi connectivity index (χ2v) is 3.48. The van der Waals surface area contributed by atoms with E-state index in [1.165, 1.54) is 0 Å². The van der Waals surface area contributed by atoms with Gasteiger partial charge in [-0.2, -0.15) is 0 Å². The number of carbonyl (C=O) groups excluding carboxylic acids is 1. The average molecular weight is 261 g/mol. The van der Waals surface area contributed by atoms with Gasteiger partial charge >= 0.3 is 24.0 Å². The first-order chi connectivity index (χ1) is 8.17. The largest absolute Gasteiger partial charge is 0.481 e. The fourth-order valence-corrected chi connectivity index (χ4v) is 1.87. The Labute approximate surface area is 98.0 Å². The summed E-state index contributed by atoms with van der Waals surface area (Å²) in [5, 5.41) is 35.2. The van der Waals surface area contributed by atoms with E-state index < -0.39 is 52.7 Å². The van der Waals surface area contributed by atoms with Gasteiger partial charge < -0.3 is 20.4 Å². The van der Waals surface area contributed by atoms with Gasteiger partial charge in [-0.1, -0.05) is 0 Å². The minimum absolute atomic E-state index is 0.462. The molecule has 0 spiro atoms. The van der Waals surface area contributed by atoms with Crippen LogP contribution in [0.3, 0.4) is 0 Å². The van der Waals surface area contributed by atoms with Gasteiger partial charge in [-0.3, -0.25) is 9.59 Å². The van der Waals surface area contributed by atoms with Crippen molar-refractivity contribution in [2.75, 3.05) is 0 Å². The van der Waals surface area contributed by atoms with Crippen molar-refractivity contribution < 1.29 is 44.4 Å². The number of carboxylic acid groups (broad SMARTS) is 4. The Morgan fingerprint density at radius 3 is 1.78 bits per heavy atom. The fourth-order valence-electron chi connectivity index (χ4n) is 1.87. The molecule has 18 heavy (non-hydrogen) atoms. The minimum Gasteiger partial charge on any atom is -0.481 e. The summed E-state index contributed by atoms with van der Waals surface area (Å²) in [7, 11) is 0. The standard InChI is InChI=1S/C8H7NO9/c10-3-1-2(4(11)12)8(5(13)14,6(15)16)9(3)7(17)18/h2H,1H2,(H,11,12)(H,13,14)(H,15,16)(H,17,18). The Morgan fingerprint density at radius 1 is 1.06 bits per heavy atom. The van der Waals surface area contributed by atoms with E-state index in [-0.39, 0.29) is 0 Å². The maximum absolute atomic E-state index is 11.3. The summed E-state index contributed by atoms with van der Waals surface area (Å²) in [6, 6.07) is 0. The molecule has 1 atom stereocenters. The molecule has 0 aromatic rings. The number of imide groups is 1. The molecule has 0 aromatic heterocycles. The molecule has 1 unspecified atom stereocenters. The number of carboxylic acids is 3. The summed E-state index contributed by atoms with van der Waals surface area (Å²) < 4.78 is 0. The lowest BCUT2D eigenvalue weighted by Gasteiger charge is -2.29. The lowest BCUT2D eigenvalue weighted by atomic mass is 9.84. The molecular formula is C8H7NO9. The van der Waals surface area contributed by atoms with Crippen molar-refractivity contribution in [3.05, 3.63) is 0 Å². The lowest BCUT2D eigenvalue weighted by Crippen LogP contribution is -2.63. The Balaban J connectivity index is 3.57. The third kappa shape index (κ3) is 1.46. The van der Waals surface area contributed by atoms with E-state index >= 15 is 0 Å². The Hall–Kier alpha value is -2.65. The van der Waals surface area contributed by atoms with Crippen molar-refractivity contribution in [1.82, 2.24) is 4.90 Å². The van der Waals surface area contributed by atoms with Crippen molar-refractivity contribution in [3.8, 4) is 0 Å². The monoisotopic (exact) mass is 261 g/mol. The highest BCUT2D eigenvalue weighted by Crippen LogP contribution is 2.37. The van der Waals surface area contributed by atoms with Crippen LogP contribution in [0.4, 0.5) is 4.79 Å². The molecule has 1 rings (SSSR count). The molecule has 98 valence electrons. The molecule has 0 bridgehead atoms. The van der Waals surface area contributed by atoms with Gasteiger partial charge in [0, 0.05) is 6.42 Å². The molecule has 2 amide bonds. The maximum atomic E-state index is 11.3. The van der Waals surface area contributed by atoms with Gasteiger partial charge in [0.15, 0.2) is 0 Å². The summed E-state index contributed by atoms with van der Waals surface area (Å²) in [5.41, 5.74) is -3.34. The zero-order valence-corrected chi connectivity index (χ0v) is 8.56. The second-order valence-electron chi connectivity index (χ2n) is 3.48. The third-order valence-corrected chi connectivity index (χ3v) is 2.63. The number of rotatable bonds is 3. The number of hydrogen-bond acceptors (Lipinski definition) is 5. The van der Waals surface area contributed by atoms with Gasteiger partial charge in [0.1, 0.15) is 5.92 Å². The first-order valence-corrected chi connectivity index (χ1v) is 4.43. The van der Waals surface area contributed by atoms with Gasteiger partial charge in [-0.25, -0.2) is 19.3 Å². The number of likely N-dealkylation sites (tertiary alicyclic amines) is 1. The molecule has 0 aliphatic carbocycles. The lowest BCUT2D eigenvalue weighted by molar-refractivity contribution is -0.173. The van der Waals surface area contributed by atoms with E-state index in [2.05, 4.69) is 0 Å². The summed E-state index contributed by atoms with van der Waals surface area (Å²) in [6.45, 7) is 0. The van der Waals surface area contributed by atoms with Crippen LogP contribution in [0.2, 0.25) is 0 Å². The molecule has 0 aromatic carbocycles. The van der Waals surface area contributed by atoms with E-state index in [0.29, 0.717) is 0 Å². The number of aliphatic carboxylic acids is 3. The SMILES string of the molecule is O=C(O)C1CC(=O)N(C(=O)O)C1(C(=O)O)C(=O)O. The Kier molecular flexibility index (Phi) is 2.97. The number of hydrogen-bond donors (Lipinski definition) is 4. The fraction of sp³-hybridized carbons (Fsp3) is 0.375. The van der Waals surface area contributed by atoms with Crippen LogP contribution in [0.25, 0.3) is 0 Å². The van der Waals surface area contributed by atoms with Crippen LogP contribution in [0.5, 0.6) is 0 Å². The van der Waals surface area contributed by atoms with Gasteiger partial charge in [-0.15, -0.1) is 0 Å². The molecule has 1 fully saturated rings. The molecule has 1 aliphatic rings. The number of carbonyl (C=O) groups is 5. The number of nitrogens with zero attached hydrogens (tertiary/aromatic N) is 1. The Bertz CT molecular complexity index is 453. The third-order valence-electron chi connectivity index (χ3n) is 2.63. The van der Waals surface area contributed by atoms with Crippen LogP contribution < -0.4 is 0 Å². The van der Waals surface area contributed by atoms with Crippen molar-refractivity contribution in [2.45, 2.75) is 12.0 Å². The molecule has 10 heteroatoms. The van der Waals surface area contributed by atoms with Crippen LogP contribution in [0.1, 0.15) is 6.42 Å². The predicted molar refractivity (Wildman–Crippen MR) is 48.6 cm³/mol. The molecule has 0 radical (unpaired) electrons. The normalized spacial score (nSPS) is 21.7. The maximum Gasteiger partial charge on any atom is 0.415 e. The quantitative estimate of drug-likeness (QED) is 0.441. The highest BCUT2D eigenvalue weighted by molar-refractivity contribution is 6.17. The first-order valence-electron chi connectivity index (χ1n) is 4.43. The zero-order chi connectivity index (χ0) is 14.2. The molecule has 4 N–H and O–H groups in total. The summed E-state index contributed by atoms with van der Waals surface area (Å²) in [4.78, 5) is 54.6. The first kappa shape index (κ1) is 13.4. The smallest absolute Gasteiger partial charge is 0.415 e. The van der Waals surface area contributed by atoms with E-state index in [1.807, 2.05) is 0 Å². The molecule has 1 saturated heterocycles. The second kappa shape index (κ2) is 3.98. The van der Waals surface area contributed by atoms with Crippen molar-refractivity contribution >= 4 is 29.9 Å². The van der Waals surface area contributed by atoms with Crippen LogP contribution in [-0.4, -0.2) is 60.8 Å². The Morgan fingerprint density at radius 2 is 1.50 bits per heavy atom. The van der Waals surface area contributed by atoms with E-state index in [4.69, 9.17) is 20.4 Å². The molecular weight excluding hydrogens is 254 g/mol. The molecule has 10 nitrogen and oxygen atoms in total. The van der Waals surface area contributed by atoms with Crippen molar-refractivity contribution in [1.29, 1.82) is 0 Å². The van der Waals surface area contributed by atoms with Crippen molar-refractivity contribution in [2.24, 2.45) is 5.92 Å². The summed E-state index contributed by atoms with van der Waals surface area (Å²) in [6.07, 6.45) is -3.14. The van der Waals surface area contributed by atoms with Crippen molar-refractivity contribution in [3.63, 3.8) is 0 Å². The van der Waals surface area contributed by atoms with Gasteiger partial charge in [0.25, 0.3) is 5.54 Å². The zero-order valence-electron chi connectivity index (χ0n) is 8.56. The van der Waals surface area contributed by atoms with Crippen LogP contribution in [0, 0.1) is 5.92 Å². The van der Waals surface area contributed by atoms with Gasteiger partial charge in [-0.05, 0) is 0 Å². The highest BCUT2D eigenvalue weighted by Gasteiger charge is 2.69. The summed E-state index contributed by atoms with van der Waals surface area (Å²) in [5.74, 6) is -9.90. The molecule has 1 aliphatic heterocycles. The molecule has 1 heterocycles. The average Bonchev–Trinajstić information content (AvgIpc) is 2.52. The van der Waals surface area contributed by atoms with Crippen LogP contribution in [-0.2, 0) is 19.2 Å². The van der Waals surface area contributed by atoms with Crippen LogP contribution >= 0.6 is 0 Å². The predicted octanol–water partition coefficient (Wildman–Crippen LogP) is -1.49. The van der Waals surface area contributed by atoms with Gasteiger partial charge in [0.05, 0.1) is 0 Å². The van der Waals surface area contributed by atoms with E-state index in [1.54, 1.807) is 0 Å². The van der Waals surface area contributed by atoms with E-state index in [9.17, 15) is 24.0 Å². The minimum atomic E-state index is -3.34. The van der Waals surface area contributed by atoms with Crippen LogP contribution in [0.15, 0.2) is 0 Å². The topological polar surface area (TPSA) is 170 Å². The summed E-state index contributed by atoms with van der Waals surface area (Å²) >= 11 is 0. The van der Waals surface area contributed by atoms with Gasteiger partial charge in [0.2, 0.25) is 5.91 Å². The highest BCUT2D eigenvalue weighted by atomic mass is 16.4. The number of amides is 2.